The summed E-state index contributed by atoms with van der Waals surface area (Å²) in [5, 5.41) is 4.84. The van der Waals surface area contributed by atoms with Gasteiger partial charge in [0.15, 0.2) is 0 Å². The van der Waals surface area contributed by atoms with Crippen LogP contribution >= 0.6 is 11.6 Å². The zero-order chi connectivity index (χ0) is 21.1. The van der Waals surface area contributed by atoms with Crippen LogP contribution in [0.3, 0.4) is 0 Å². The molecule has 3 aromatic rings. The van der Waals surface area contributed by atoms with Crippen molar-refractivity contribution in [2.75, 3.05) is 26.2 Å². The van der Waals surface area contributed by atoms with E-state index in [1.807, 2.05) is 54.3 Å². The summed E-state index contributed by atoms with van der Waals surface area (Å²) in [6, 6.07) is 16.2. The van der Waals surface area contributed by atoms with Crippen molar-refractivity contribution in [3.63, 3.8) is 0 Å². The fraction of sp³-hybridized carbons (Fsp3) is 0.304. The molecule has 7 heteroatoms. The van der Waals surface area contributed by atoms with Crippen molar-refractivity contribution >= 4 is 17.5 Å². The standard InChI is InChI=1S/C23H24ClFN4O/c1-17-21(22(24)29(26-17)20-6-3-2-4-7-20)23(30)28-13-5-12-27(14-15-28)16-18-8-10-19(25)11-9-18/h2-4,6-11H,5,12-16H2,1H3. The summed E-state index contributed by atoms with van der Waals surface area (Å²) in [6.07, 6.45) is 0.871. The van der Waals surface area contributed by atoms with Gasteiger partial charge in [-0.3, -0.25) is 9.69 Å². The summed E-state index contributed by atoms with van der Waals surface area (Å²) >= 11 is 6.58. The van der Waals surface area contributed by atoms with Crippen LogP contribution in [0.2, 0.25) is 5.15 Å². The number of aromatic nitrogens is 2. The summed E-state index contributed by atoms with van der Waals surface area (Å²) in [7, 11) is 0. The number of hydrogen-bond acceptors (Lipinski definition) is 3. The molecule has 0 atom stereocenters. The molecule has 4 rings (SSSR count). The Morgan fingerprint density at radius 2 is 1.77 bits per heavy atom. The van der Waals surface area contributed by atoms with Crippen LogP contribution in [0, 0.1) is 12.7 Å². The predicted octanol–water partition coefficient (Wildman–Crippen LogP) is 4.32. The molecule has 156 valence electrons. The molecule has 1 aliphatic heterocycles. The first-order valence-electron chi connectivity index (χ1n) is 10.1. The van der Waals surface area contributed by atoms with E-state index in [9.17, 15) is 9.18 Å². The van der Waals surface area contributed by atoms with Crippen molar-refractivity contribution in [1.82, 2.24) is 19.6 Å². The molecule has 0 unspecified atom stereocenters. The summed E-state index contributed by atoms with van der Waals surface area (Å²) in [6.45, 7) is 5.49. The second-order valence-electron chi connectivity index (χ2n) is 7.55. The second-order valence-corrected chi connectivity index (χ2v) is 7.90. The maximum atomic E-state index is 13.3. The fourth-order valence-corrected chi connectivity index (χ4v) is 4.17. The Morgan fingerprint density at radius 1 is 1.03 bits per heavy atom. The molecule has 0 spiro atoms. The van der Waals surface area contributed by atoms with Gasteiger partial charge in [0.1, 0.15) is 11.0 Å². The van der Waals surface area contributed by atoms with Crippen LogP contribution in [0.15, 0.2) is 54.6 Å². The van der Waals surface area contributed by atoms with Crippen molar-refractivity contribution < 1.29 is 9.18 Å². The van der Waals surface area contributed by atoms with Gasteiger partial charge < -0.3 is 4.90 Å². The third-order valence-electron chi connectivity index (χ3n) is 5.41. The van der Waals surface area contributed by atoms with Gasteiger partial charge in [-0.05, 0) is 43.2 Å². The van der Waals surface area contributed by atoms with E-state index in [2.05, 4.69) is 10.00 Å². The molecular formula is C23H24ClFN4O. The van der Waals surface area contributed by atoms with E-state index in [0.717, 1.165) is 37.3 Å². The quantitative estimate of drug-likeness (QED) is 0.623. The second kappa shape index (κ2) is 8.98. The molecular weight excluding hydrogens is 403 g/mol. The highest BCUT2D eigenvalue weighted by Gasteiger charge is 2.27. The van der Waals surface area contributed by atoms with E-state index in [1.54, 1.807) is 4.68 Å². The molecule has 0 N–H and O–H groups in total. The Kier molecular flexibility index (Phi) is 6.16. The third-order valence-corrected chi connectivity index (χ3v) is 5.76. The van der Waals surface area contributed by atoms with Gasteiger partial charge in [-0.2, -0.15) is 5.10 Å². The van der Waals surface area contributed by atoms with E-state index in [-0.39, 0.29) is 11.7 Å². The lowest BCUT2D eigenvalue weighted by atomic mass is 10.2. The fourth-order valence-electron chi connectivity index (χ4n) is 3.82. The molecule has 1 fully saturated rings. The summed E-state index contributed by atoms with van der Waals surface area (Å²) in [5.41, 5.74) is 2.99. The van der Waals surface area contributed by atoms with Crippen LogP contribution in [0.5, 0.6) is 0 Å². The number of amides is 1. The van der Waals surface area contributed by atoms with Gasteiger partial charge >= 0.3 is 0 Å². The van der Waals surface area contributed by atoms with Crippen LogP contribution in [0.1, 0.15) is 28.0 Å². The number of halogens is 2. The summed E-state index contributed by atoms with van der Waals surface area (Å²) < 4.78 is 14.7. The third kappa shape index (κ3) is 4.40. The van der Waals surface area contributed by atoms with E-state index in [4.69, 9.17) is 11.6 Å². The molecule has 1 aromatic heterocycles. The summed E-state index contributed by atoms with van der Waals surface area (Å²) in [4.78, 5) is 17.4. The van der Waals surface area contributed by atoms with Crippen molar-refractivity contribution in [2.24, 2.45) is 0 Å². The summed E-state index contributed by atoms with van der Waals surface area (Å²) in [5.74, 6) is -0.307. The lowest BCUT2D eigenvalue weighted by Gasteiger charge is -2.22. The molecule has 0 aliphatic carbocycles. The van der Waals surface area contributed by atoms with Crippen LogP contribution in [-0.4, -0.2) is 51.7 Å². The van der Waals surface area contributed by atoms with Gasteiger partial charge in [0, 0.05) is 32.7 Å². The average Bonchev–Trinajstić information content (AvgIpc) is 2.91. The van der Waals surface area contributed by atoms with Gasteiger partial charge in [-0.25, -0.2) is 9.07 Å². The maximum absolute atomic E-state index is 13.3. The number of hydrogen-bond donors (Lipinski definition) is 0. The SMILES string of the molecule is Cc1nn(-c2ccccc2)c(Cl)c1C(=O)N1CCCN(Cc2ccc(F)cc2)CC1. The van der Waals surface area contributed by atoms with Crippen LogP contribution in [0.4, 0.5) is 4.39 Å². The van der Waals surface area contributed by atoms with E-state index in [0.29, 0.717) is 29.5 Å². The van der Waals surface area contributed by atoms with Crippen molar-refractivity contribution in [3.05, 3.63) is 82.4 Å². The van der Waals surface area contributed by atoms with Crippen LogP contribution < -0.4 is 0 Å². The van der Waals surface area contributed by atoms with Crippen molar-refractivity contribution in [2.45, 2.75) is 19.9 Å². The number of carbonyl (C=O) groups excluding carboxylic acids is 1. The highest BCUT2D eigenvalue weighted by Crippen LogP contribution is 2.25. The maximum Gasteiger partial charge on any atom is 0.258 e. The minimum Gasteiger partial charge on any atom is -0.337 e. The molecule has 0 saturated carbocycles. The van der Waals surface area contributed by atoms with E-state index in [1.165, 1.54) is 12.1 Å². The highest BCUT2D eigenvalue weighted by molar-refractivity contribution is 6.33. The smallest absolute Gasteiger partial charge is 0.258 e. The van der Waals surface area contributed by atoms with Gasteiger partial charge in [0.25, 0.3) is 5.91 Å². The lowest BCUT2D eigenvalue weighted by molar-refractivity contribution is 0.0760. The highest BCUT2D eigenvalue weighted by atomic mass is 35.5. The number of carbonyl (C=O) groups is 1. The Labute approximate surface area is 180 Å². The van der Waals surface area contributed by atoms with Gasteiger partial charge in [0.2, 0.25) is 0 Å². The predicted molar refractivity (Wildman–Crippen MR) is 116 cm³/mol. The zero-order valence-electron chi connectivity index (χ0n) is 16.9. The molecule has 1 saturated heterocycles. The molecule has 0 bridgehead atoms. The molecule has 2 heterocycles. The largest absolute Gasteiger partial charge is 0.337 e. The van der Waals surface area contributed by atoms with E-state index < -0.39 is 0 Å². The number of para-hydroxylation sites is 1. The number of nitrogens with zero attached hydrogens (tertiary/aromatic N) is 4. The Hall–Kier alpha value is -2.70. The first kappa shape index (κ1) is 20.6. The minimum atomic E-state index is -0.227. The van der Waals surface area contributed by atoms with Crippen LogP contribution in [0.25, 0.3) is 5.69 Å². The lowest BCUT2D eigenvalue weighted by Crippen LogP contribution is -2.35. The topological polar surface area (TPSA) is 41.4 Å². The van der Waals surface area contributed by atoms with Crippen LogP contribution in [-0.2, 0) is 6.54 Å². The zero-order valence-corrected chi connectivity index (χ0v) is 17.6. The van der Waals surface area contributed by atoms with Crippen molar-refractivity contribution in [1.29, 1.82) is 0 Å². The molecule has 0 radical (unpaired) electrons. The number of rotatable bonds is 4. The molecule has 1 amide bonds. The normalized spacial score (nSPS) is 15.2. The molecule has 1 aliphatic rings. The molecule has 2 aromatic carbocycles. The van der Waals surface area contributed by atoms with E-state index >= 15 is 0 Å². The monoisotopic (exact) mass is 426 g/mol. The van der Waals surface area contributed by atoms with Gasteiger partial charge in [-0.15, -0.1) is 0 Å². The Balaban J connectivity index is 1.46. The van der Waals surface area contributed by atoms with Gasteiger partial charge in [0.05, 0.1) is 16.9 Å². The average molecular weight is 427 g/mol. The first-order chi connectivity index (χ1) is 14.5. The number of benzene rings is 2. The molecule has 30 heavy (non-hydrogen) atoms. The number of aryl methyl sites for hydroxylation is 1. The minimum absolute atomic E-state index is 0.0803. The Bertz CT molecular complexity index is 1020. The first-order valence-corrected chi connectivity index (χ1v) is 10.5. The van der Waals surface area contributed by atoms with Gasteiger partial charge in [-0.1, -0.05) is 41.9 Å². The molecule has 5 nitrogen and oxygen atoms in total. The Morgan fingerprint density at radius 3 is 2.50 bits per heavy atom. The van der Waals surface area contributed by atoms with Crippen molar-refractivity contribution in [3.8, 4) is 5.69 Å².